The van der Waals surface area contributed by atoms with Crippen LogP contribution in [0.1, 0.15) is 56.1 Å². The first-order valence-electron chi connectivity index (χ1n) is 9.47. The van der Waals surface area contributed by atoms with E-state index in [-0.39, 0.29) is 24.0 Å². The lowest BCUT2D eigenvalue weighted by atomic mass is 10.1. The monoisotopic (exact) mass is 343 g/mol. The number of benzene rings is 1. The first-order valence-corrected chi connectivity index (χ1v) is 9.47. The van der Waals surface area contributed by atoms with Gasteiger partial charge in [-0.1, -0.05) is 31.7 Å². The van der Waals surface area contributed by atoms with E-state index in [9.17, 15) is 9.59 Å². The van der Waals surface area contributed by atoms with Crippen molar-refractivity contribution in [3.8, 4) is 0 Å². The van der Waals surface area contributed by atoms with Gasteiger partial charge in [0, 0.05) is 24.7 Å². The molecule has 3 rings (SSSR count). The molecule has 136 valence electrons. The van der Waals surface area contributed by atoms with Crippen LogP contribution in [-0.4, -0.2) is 30.6 Å². The zero-order valence-corrected chi connectivity index (χ0v) is 15.3. The summed E-state index contributed by atoms with van der Waals surface area (Å²) in [4.78, 5) is 26.4. The second kappa shape index (κ2) is 7.89. The van der Waals surface area contributed by atoms with Crippen molar-refractivity contribution in [2.45, 2.75) is 70.9 Å². The number of carbonyl (C=O) groups excluding carboxylic acids is 2. The summed E-state index contributed by atoms with van der Waals surface area (Å²) in [5.41, 5.74) is 3.31. The highest BCUT2D eigenvalue weighted by Crippen LogP contribution is 2.24. The normalized spacial score (nSPS) is 21.9. The average molecular weight is 343 g/mol. The van der Waals surface area contributed by atoms with Crippen molar-refractivity contribution >= 4 is 17.6 Å². The summed E-state index contributed by atoms with van der Waals surface area (Å²) < 4.78 is 0. The van der Waals surface area contributed by atoms with E-state index < -0.39 is 0 Å². The van der Waals surface area contributed by atoms with E-state index in [1.54, 1.807) is 4.90 Å². The predicted octanol–water partition coefficient (Wildman–Crippen LogP) is 3.43. The van der Waals surface area contributed by atoms with Gasteiger partial charge in [-0.2, -0.15) is 0 Å². The Morgan fingerprint density at radius 3 is 2.36 bits per heavy atom. The smallest absolute Gasteiger partial charge is 0.315 e. The van der Waals surface area contributed by atoms with Crippen molar-refractivity contribution in [3.05, 3.63) is 29.3 Å². The minimum Gasteiger partial charge on any atom is -0.335 e. The zero-order valence-electron chi connectivity index (χ0n) is 15.3. The fraction of sp³-hybridized carbons (Fsp3) is 0.600. The van der Waals surface area contributed by atoms with Crippen LogP contribution >= 0.6 is 0 Å². The van der Waals surface area contributed by atoms with Crippen LogP contribution in [0.15, 0.2) is 18.2 Å². The fourth-order valence-electron chi connectivity index (χ4n) is 3.78. The SMILES string of the molecule is Cc1ccc(N2C[C@H](NC(=O)NC3CCCCCC3)CC2=O)cc1C. The molecule has 2 fully saturated rings. The molecule has 1 aromatic carbocycles. The highest BCUT2D eigenvalue weighted by Gasteiger charge is 2.32. The van der Waals surface area contributed by atoms with Gasteiger partial charge in [-0.3, -0.25) is 4.79 Å². The Morgan fingerprint density at radius 2 is 1.68 bits per heavy atom. The summed E-state index contributed by atoms with van der Waals surface area (Å²) in [6, 6.07) is 6.08. The molecular formula is C20H29N3O2. The number of hydrogen-bond acceptors (Lipinski definition) is 2. The third-order valence-electron chi connectivity index (χ3n) is 5.45. The summed E-state index contributed by atoms with van der Waals surface area (Å²) in [6.07, 6.45) is 7.40. The number of hydrogen-bond donors (Lipinski definition) is 2. The predicted molar refractivity (Wildman–Crippen MR) is 99.8 cm³/mol. The molecule has 0 aromatic heterocycles. The molecule has 5 nitrogen and oxygen atoms in total. The topological polar surface area (TPSA) is 61.4 Å². The molecule has 1 heterocycles. The molecular weight excluding hydrogens is 314 g/mol. The Kier molecular flexibility index (Phi) is 5.61. The summed E-state index contributed by atoms with van der Waals surface area (Å²) in [7, 11) is 0. The van der Waals surface area contributed by atoms with Crippen LogP contribution in [0.4, 0.5) is 10.5 Å². The van der Waals surface area contributed by atoms with E-state index in [0.29, 0.717) is 13.0 Å². The lowest BCUT2D eigenvalue weighted by Gasteiger charge is -2.20. The molecule has 1 saturated heterocycles. The maximum Gasteiger partial charge on any atom is 0.315 e. The van der Waals surface area contributed by atoms with E-state index in [0.717, 1.165) is 18.5 Å². The number of rotatable bonds is 3. The first kappa shape index (κ1) is 17.8. The van der Waals surface area contributed by atoms with Crippen molar-refractivity contribution in [2.24, 2.45) is 0 Å². The highest BCUT2D eigenvalue weighted by molar-refractivity contribution is 5.96. The molecule has 3 amide bonds. The van der Waals surface area contributed by atoms with Crippen molar-refractivity contribution in [1.82, 2.24) is 10.6 Å². The van der Waals surface area contributed by atoms with Crippen LogP contribution in [0.5, 0.6) is 0 Å². The highest BCUT2D eigenvalue weighted by atomic mass is 16.2. The van der Waals surface area contributed by atoms with E-state index in [1.807, 2.05) is 18.2 Å². The molecule has 0 unspecified atom stereocenters. The number of urea groups is 1. The minimum atomic E-state index is -0.133. The summed E-state index contributed by atoms with van der Waals surface area (Å²) in [5.74, 6) is 0.0722. The molecule has 2 N–H and O–H groups in total. The fourth-order valence-corrected chi connectivity index (χ4v) is 3.78. The molecule has 5 heteroatoms. The molecule has 1 atom stereocenters. The molecule has 1 aromatic rings. The van der Waals surface area contributed by atoms with E-state index in [1.165, 1.54) is 36.8 Å². The maximum atomic E-state index is 12.4. The number of carbonyl (C=O) groups is 2. The molecule has 25 heavy (non-hydrogen) atoms. The Morgan fingerprint density at radius 1 is 1.00 bits per heavy atom. The van der Waals surface area contributed by atoms with Crippen molar-refractivity contribution < 1.29 is 9.59 Å². The number of aryl methyl sites for hydroxylation is 2. The van der Waals surface area contributed by atoms with Crippen LogP contribution in [-0.2, 0) is 4.79 Å². The average Bonchev–Trinajstić information content (AvgIpc) is 2.77. The quantitative estimate of drug-likeness (QED) is 0.826. The number of nitrogens with zero attached hydrogens (tertiary/aromatic N) is 1. The Hall–Kier alpha value is -2.04. The minimum absolute atomic E-state index is 0.0722. The van der Waals surface area contributed by atoms with E-state index >= 15 is 0 Å². The Balaban J connectivity index is 1.54. The van der Waals surface area contributed by atoms with Crippen molar-refractivity contribution in [1.29, 1.82) is 0 Å². The molecule has 1 aliphatic heterocycles. The summed E-state index contributed by atoms with van der Waals surface area (Å²) in [6.45, 7) is 4.65. The number of nitrogens with one attached hydrogen (secondary N) is 2. The third kappa shape index (κ3) is 4.53. The largest absolute Gasteiger partial charge is 0.335 e. The van der Waals surface area contributed by atoms with Gasteiger partial charge in [-0.05, 0) is 49.9 Å². The first-order chi connectivity index (χ1) is 12.0. The molecule has 1 aliphatic carbocycles. The summed E-state index contributed by atoms with van der Waals surface area (Å²) >= 11 is 0. The summed E-state index contributed by atoms with van der Waals surface area (Å²) in [5, 5.41) is 6.08. The van der Waals surface area contributed by atoms with Crippen molar-refractivity contribution in [3.63, 3.8) is 0 Å². The van der Waals surface area contributed by atoms with Gasteiger partial charge in [0.05, 0.1) is 6.04 Å². The van der Waals surface area contributed by atoms with Gasteiger partial charge in [0.1, 0.15) is 0 Å². The third-order valence-corrected chi connectivity index (χ3v) is 5.45. The number of amides is 3. The van der Waals surface area contributed by atoms with Gasteiger partial charge < -0.3 is 15.5 Å². The van der Waals surface area contributed by atoms with Crippen LogP contribution < -0.4 is 15.5 Å². The number of anilines is 1. The standard InChI is InChI=1S/C20H29N3O2/c1-14-9-10-18(11-15(14)2)23-13-17(12-19(23)24)22-20(25)21-16-7-5-3-4-6-8-16/h9-11,16-17H,3-8,12-13H2,1-2H3,(H2,21,22,25)/t17-/m1/s1. The molecule has 1 saturated carbocycles. The maximum absolute atomic E-state index is 12.4. The lowest BCUT2D eigenvalue weighted by molar-refractivity contribution is -0.117. The second-order valence-corrected chi connectivity index (χ2v) is 7.48. The van der Waals surface area contributed by atoms with Gasteiger partial charge in [0.25, 0.3) is 0 Å². The molecule has 0 bridgehead atoms. The van der Waals surface area contributed by atoms with Gasteiger partial charge in [-0.25, -0.2) is 4.79 Å². The van der Waals surface area contributed by atoms with Gasteiger partial charge in [0.2, 0.25) is 5.91 Å². The van der Waals surface area contributed by atoms with Crippen LogP contribution in [0.2, 0.25) is 0 Å². The zero-order chi connectivity index (χ0) is 17.8. The van der Waals surface area contributed by atoms with Crippen molar-refractivity contribution in [2.75, 3.05) is 11.4 Å². The van der Waals surface area contributed by atoms with Gasteiger partial charge in [-0.15, -0.1) is 0 Å². The molecule has 0 spiro atoms. The second-order valence-electron chi connectivity index (χ2n) is 7.48. The molecule has 0 radical (unpaired) electrons. The Labute approximate surface area is 150 Å². The van der Waals surface area contributed by atoms with E-state index in [4.69, 9.17) is 0 Å². The van der Waals surface area contributed by atoms with Crippen LogP contribution in [0.3, 0.4) is 0 Å². The van der Waals surface area contributed by atoms with Crippen LogP contribution in [0, 0.1) is 13.8 Å². The van der Waals surface area contributed by atoms with Gasteiger partial charge >= 0.3 is 6.03 Å². The Bertz CT molecular complexity index is 636. The van der Waals surface area contributed by atoms with E-state index in [2.05, 4.69) is 24.5 Å². The lowest BCUT2D eigenvalue weighted by Crippen LogP contribution is -2.47. The van der Waals surface area contributed by atoms with Gasteiger partial charge in [0.15, 0.2) is 0 Å². The molecule has 2 aliphatic rings. The van der Waals surface area contributed by atoms with Crippen LogP contribution in [0.25, 0.3) is 0 Å².